The molecular formula is C42H48N6O5S. The molecule has 0 unspecified atom stereocenters. The summed E-state index contributed by atoms with van der Waals surface area (Å²) in [6, 6.07) is 31.4. The van der Waals surface area contributed by atoms with Crippen LogP contribution in [0.15, 0.2) is 109 Å². The van der Waals surface area contributed by atoms with Crippen molar-refractivity contribution in [1.29, 1.82) is 0 Å². The van der Waals surface area contributed by atoms with Crippen molar-refractivity contribution in [1.82, 2.24) is 20.1 Å². The van der Waals surface area contributed by atoms with Gasteiger partial charge >= 0.3 is 0 Å². The van der Waals surface area contributed by atoms with Gasteiger partial charge in [-0.2, -0.15) is 0 Å². The Labute approximate surface area is 320 Å². The van der Waals surface area contributed by atoms with Crippen molar-refractivity contribution in [2.45, 2.75) is 81.8 Å². The number of nitrogens with one attached hydrogen (secondary N) is 2. The Morgan fingerprint density at radius 2 is 1.57 bits per heavy atom. The van der Waals surface area contributed by atoms with Gasteiger partial charge in [-0.1, -0.05) is 110 Å². The van der Waals surface area contributed by atoms with Gasteiger partial charge in [-0.3, -0.25) is 9.59 Å². The lowest BCUT2D eigenvalue weighted by atomic mass is 9.97. The molecule has 1 saturated heterocycles. The summed E-state index contributed by atoms with van der Waals surface area (Å²) in [5.41, 5.74) is 13.0. The van der Waals surface area contributed by atoms with E-state index in [1.807, 2.05) is 78.3 Å². The Morgan fingerprint density at radius 1 is 0.870 bits per heavy atom. The number of ether oxygens (including phenoxy) is 2. The van der Waals surface area contributed by atoms with Crippen LogP contribution in [0.5, 0.6) is 0 Å². The van der Waals surface area contributed by atoms with Crippen molar-refractivity contribution in [2.24, 2.45) is 7.05 Å². The molecule has 1 aliphatic rings. The number of benzene rings is 4. The van der Waals surface area contributed by atoms with Crippen molar-refractivity contribution >= 4 is 35.0 Å². The molecule has 0 aliphatic carbocycles. The summed E-state index contributed by atoms with van der Waals surface area (Å²) >= 11 is 1.61. The first-order valence-corrected chi connectivity index (χ1v) is 19.4. The van der Waals surface area contributed by atoms with Crippen LogP contribution >= 0.6 is 11.8 Å². The maximum Gasteiger partial charge on any atom is 0.224 e. The molecule has 0 spiro atoms. The van der Waals surface area contributed by atoms with Crippen LogP contribution in [0.2, 0.25) is 0 Å². The first-order valence-electron chi connectivity index (χ1n) is 18.4. The van der Waals surface area contributed by atoms with Crippen LogP contribution in [0.1, 0.15) is 79.6 Å². The number of rotatable bonds is 17. The lowest BCUT2D eigenvalue weighted by Gasteiger charge is -2.36. The number of nitrogens with two attached hydrogens (primary N) is 1. The molecule has 6 rings (SSSR count). The molecule has 5 N–H and O–H groups in total. The summed E-state index contributed by atoms with van der Waals surface area (Å²) in [5, 5.41) is 24.5. The summed E-state index contributed by atoms with van der Waals surface area (Å²) in [6.07, 6.45) is 5.67. The van der Waals surface area contributed by atoms with E-state index in [9.17, 15) is 14.7 Å². The Kier molecular flexibility index (Phi) is 13.9. The predicted molar refractivity (Wildman–Crippen MR) is 211 cm³/mol. The molecule has 1 fully saturated rings. The van der Waals surface area contributed by atoms with E-state index in [0.29, 0.717) is 42.9 Å². The average molecular weight is 749 g/mol. The van der Waals surface area contributed by atoms with Gasteiger partial charge in [0.1, 0.15) is 6.33 Å². The van der Waals surface area contributed by atoms with Gasteiger partial charge in [-0.25, -0.2) is 0 Å². The monoisotopic (exact) mass is 748 g/mol. The smallest absolute Gasteiger partial charge is 0.224 e. The normalized spacial score (nSPS) is 16.9. The van der Waals surface area contributed by atoms with E-state index in [1.165, 1.54) is 0 Å². The van der Waals surface area contributed by atoms with Crippen LogP contribution in [0.3, 0.4) is 0 Å². The number of aryl methyl sites for hydroxylation is 1. The Hall–Kier alpha value is -5.01. The molecule has 1 aromatic heterocycles. The minimum Gasteiger partial charge on any atom is -0.397 e. The van der Waals surface area contributed by atoms with Crippen molar-refractivity contribution in [3.05, 3.63) is 126 Å². The topological polar surface area (TPSA) is 154 Å². The van der Waals surface area contributed by atoms with Gasteiger partial charge < -0.3 is 35.5 Å². The number of nitrogen functional groups attached to an aromatic ring is 1. The highest BCUT2D eigenvalue weighted by molar-refractivity contribution is 7.99. The number of thioether (sulfide) groups is 1. The number of hydrogen-bond donors (Lipinski definition) is 4. The van der Waals surface area contributed by atoms with Gasteiger partial charge in [0.05, 0.1) is 30.2 Å². The van der Waals surface area contributed by atoms with E-state index in [2.05, 4.69) is 39.0 Å². The molecule has 2 amide bonds. The molecule has 0 bridgehead atoms. The summed E-state index contributed by atoms with van der Waals surface area (Å²) in [4.78, 5) is 25.0. The zero-order valence-electron chi connectivity index (χ0n) is 30.5. The number of aliphatic hydroxyl groups is 1. The molecule has 3 atom stereocenters. The summed E-state index contributed by atoms with van der Waals surface area (Å²) < 4.78 is 15.0. The molecule has 0 radical (unpaired) electrons. The number of para-hydroxylation sites is 2. The first-order chi connectivity index (χ1) is 26.4. The number of hydrogen-bond acceptors (Lipinski definition) is 9. The van der Waals surface area contributed by atoms with Crippen molar-refractivity contribution < 1.29 is 24.2 Å². The Bertz CT molecular complexity index is 1970. The van der Waals surface area contributed by atoms with Gasteiger partial charge in [-0.15, -0.1) is 10.2 Å². The lowest BCUT2D eigenvalue weighted by Crippen LogP contribution is -2.31. The van der Waals surface area contributed by atoms with Gasteiger partial charge in [0, 0.05) is 44.2 Å². The summed E-state index contributed by atoms with van der Waals surface area (Å²) in [7, 11) is 1.93. The molecule has 4 aromatic carbocycles. The van der Waals surface area contributed by atoms with Crippen LogP contribution in [0.25, 0.3) is 11.1 Å². The molecule has 54 heavy (non-hydrogen) atoms. The molecular weight excluding hydrogens is 701 g/mol. The van der Waals surface area contributed by atoms with E-state index < -0.39 is 6.29 Å². The van der Waals surface area contributed by atoms with Gasteiger partial charge in [0.2, 0.25) is 11.8 Å². The second-order valence-electron chi connectivity index (χ2n) is 13.5. The van der Waals surface area contributed by atoms with Crippen LogP contribution in [0.4, 0.5) is 11.4 Å². The molecule has 11 nitrogen and oxygen atoms in total. The first kappa shape index (κ1) is 38.7. The maximum atomic E-state index is 12.7. The molecule has 282 valence electrons. The fraction of sp³-hybridized carbons (Fsp3) is 0.333. The van der Waals surface area contributed by atoms with Crippen LogP contribution in [-0.4, -0.2) is 43.5 Å². The number of nitrogens with zero attached hydrogens (tertiary/aromatic N) is 3. The van der Waals surface area contributed by atoms with Gasteiger partial charge in [-0.05, 0) is 52.8 Å². The minimum absolute atomic E-state index is 0.00664. The number of amides is 2. The molecule has 1 aliphatic heterocycles. The van der Waals surface area contributed by atoms with Crippen molar-refractivity contribution in [3.63, 3.8) is 0 Å². The summed E-state index contributed by atoms with van der Waals surface area (Å²) in [6.45, 7) is 0.420. The van der Waals surface area contributed by atoms with Crippen LogP contribution in [-0.2, 0) is 39.3 Å². The third-order valence-corrected chi connectivity index (χ3v) is 10.6. The minimum atomic E-state index is -0.569. The zero-order chi connectivity index (χ0) is 37.7. The number of unbranched alkanes of at least 4 members (excludes halogenated alkanes) is 3. The predicted octanol–water partition coefficient (Wildman–Crippen LogP) is 7.49. The Balaban J connectivity index is 1.00. The molecule has 0 saturated carbocycles. The number of carbonyl (C=O) groups is 2. The second kappa shape index (κ2) is 19.4. The number of aromatic nitrogens is 3. The largest absolute Gasteiger partial charge is 0.397 e. The fourth-order valence-corrected chi connectivity index (χ4v) is 7.31. The van der Waals surface area contributed by atoms with E-state index >= 15 is 0 Å². The number of anilines is 2. The number of carbonyl (C=O) groups excluding carboxylic acids is 2. The quantitative estimate of drug-likeness (QED) is 0.0430. The van der Waals surface area contributed by atoms with Gasteiger partial charge in [0.15, 0.2) is 11.4 Å². The van der Waals surface area contributed by atoms with E-state index in [0.717, 1.165) is 64.2 Å². The molecule has 2 heterocycles. The Morgan fingerprint density at radius 3 is 2.30 bits per heavy atom. The van der Waals surface area contributed by atoms with Crippen molar-refractivity contribution in [2.75, 3.05) is 16.8 Å². The fourth-order valence-electron chi connectivity index (χ4n) is 6.40. The van der Waals surface area contributed by atoms with Crippen LogP contribution < -0.4 is 16.4 Å². The highest BCUT2D eigenvalue weighted by atomic mass is 32.2. The van der Waals surface area contributed by atoms with Gasteiger partial charge in [0.25, 0.3) is 0 Å². The SMILES string of the molecule is Cn1cnnc1SC[C@H]1C[C@@H](c2ccc(CO)cc2)O[C@@H](c2ccc(-c3ccccc3CNC(=O)CCCCCCC(=O)Nc3ccccc3N)cc2)O1. The highest BCUT2D eigenvalue weighted by Gasteiger charge is 2.32. The van der Waals surface area contributed by atoms with Crippen LogP contribution in [0, 0.1) is 0 Å². The lowest BCUT2D eigenvalue weighted by molar-refractivity contribution is -0.245. The van der Waals surface area contributed by atoms with E-state index in [1.54, 1.807) is 30.2 Å². The summed E-state index contributed by atoms with van der Waals surface area (Å²) in [5.74, 6) is 0.651. The standard InChI is InChI=1S/C42H48N6O5S/c1-48-28-45-47-42(48)54-27-34-24-38(31-18-16-29(26-49)17-19-31)53-41(52-34)32-22-20-30(21-23-32)35-11-7-6-10-33(35)25-44-39(50)14-4-2-3-5-15-40(51)46-37-13-9-8-12-36(37)43/h6-13,16-23,28,34,38,41,49H,2-5,14-15,24-27,43H2,1H3,(H,44,50)(H,46,51)/t34-,38+,41+/m1/s1. The third-order valence-electron chi connectivity index (χ3n) is 9.46. The maximum absolute atomic E-state index is 12.7. The van der Waals surface area contributed by atoms with Crippen molar-refractivity contribution in [3.8, 4) is 11.1 Å². The zero-order valence-corrected chi connectivity index (χ0v) is 31.3. The third kappa shape index (κ3) is 10.8. The second-order valence-corrected chi connectivity index (χ2v) is 14.5. The highest BCUT2D eigenvalue weighted by Crippen LogP contribution is 2.40. The number of aliphatic hydroxyl groups excluding tert-OH is 1. The van der Waals surface area contributed by atoms with E-state index in [-0.39, 0.29) is 30.6 Å². The molecule has 12 heteroatoms. The average Bonchev–Trinajstić information content (AvgIpc) is 3.62. The molecule has 5 aromatic rings. The van der Waals surface area contributed by atoms with E-state index in [4.69, 9.17) is 15.2 Å².